The molecule has 2 rings (SSSR count). The third kappa shape index (κ3) is 3.52. The summed E-state index contributed by atoms with van der Waals surface area (Å²) in [6.07, 6.45) is 3.45. The minimum absolute atomic E-state index is 0.327. The molecule has 0 fully saturated rings. The van der Waals surface area contributed by atoms with E-state index < -0.39 is 5.97 Å². The number of carbonyl (C=O) groups is 1. The number of rotatable bonds is 5. The molecule has 0 aliphatic heterocycles. The first-order valence-electron chi connectivity index (χ1n) is 6.07. The van der Waals surface area contributed by atoms with Crippen molar-refractivity contribution in [2.75, 3.05) is 5.75 Å². The molecule has 0 bridgehead atoms. The van der Waals surface area contributed by atoms with Gasteiger partial charge in [-0.05, 0) is 42.1 Å². The summed E-state index contributed by atoms with van der Waals surface area (Å²) in [5.74, 6) is -0.0914. The Morgan fingerprint density at radius 3 is 2.50 bits per heavy atom. The topological polar surface area (TPSA) is 63.1 Å². The average Bonchev–Trinajstić information content (AvgIpc) is 2.41. The van der Waals surface area contributed by atoms with Gasteiger partial charge in [0.2, 0.25) is 0 Å². The Kier molecular flexibility index (Phi) is 5.03. The molecule has 0 saturated carbocycles. The standard InChI is InChI=1S/C14H14N2O2S2/c1-3-19-10-5-4-6-11(12(10)13(17)18)20-14-15-7-9(2)8-16-14/h4-8H,3H2,1-2H3,(H,17,18). The van der Waals surface area contributed by atoms with Crippen LogP contribution in [-0.4, -0.2) is 26.8 Å². The predicted molar refractivity (Wildman–Crippen MR) is 80.7 cm³/mol. The first kappa shape index (κ1) is 14.9. The molecule has 0 aliphatic rings. The number of benzene rings is 1. The largest absolute Gasteiger partial charge is 0.478 e. The van der Waals surface area contributed by atoms with Gasteiger partial charge in [-0.3, -0.25) is 0 Å². The van der Waals surface area contributed by atoms with Gasteiger partial charge in [-0.1, -0.05) is 13.0 Å². The van der Waals surface area contributed by atoms with Crippen molar-refractivity contribution < 1.29 is 9.90 Å². The second kappa shape index (κ2) is 6.76. The van der Waals surface area contributed by atoms with Crippen LogP contribution in [0.25, 0.3) is 0 Å². The molecule has 0 aliphatic carbocycles. The van der Waals surface area contributed by atoms with Crippen LogP contribution in [0.2, 0.25) is 0 Å². The minimum atomic E-state index is -0.920. The van der Waals surface area contributed by atoms with Gasteiger partial charge in [0.05, 0.1) is 5.56 Å². The maximum absolute atomic E-state index is 11.5. The Labute approximate surface area is 126 Å². The van der Waals surface area contributed by atoms with Crippen LogP contribution in [0, 0.1) is 6.92 Å². The quantitative estimate of drug-likeness (QED) is 0.670. The Balaban J connectivity index is 2.37. The summed E-state index contributed by atoms with van der Waals surface area (Å²) in [7, 11) is 0. The van der Waals surface area contributed by atoms with E-state index in [1.165, 1.54) is 23.5 Å². The monoisotopic (exact) mass is 306 g/mol. The maximum atomic E-state index is 11.5. The zero-order valence-electron chi connectivity index (χ0n) is 11.2. The Bertz CT molecular complexity index is 615. The molecule has 1 aromatic heterocycles. The fraction of sp³-hybridized carbons (Fsp3) is 0.214. The van der Waals surface area contributed by atoms with Crippen molar-refractivity contribution in [1.82, 2.24) is 9.97 Å². The lowest BCUT2D eigenvalue weighted by atomic mass is 10.2. The number of carboxylic acids is 1. The molecule has 0 atom stereocenters. The third-order valence-corrected chi connectivity index (χ3v) is 4.35. The Morgan fingerprint density at radius 1 is 1.25 bits per heavy atom. The summed E-state index contributed by atoms with van der Waals surface area (Å²) in [6, 6.07) is 5.48. The lowest BCUT2D eigenvalue weighted by molar-refractivity contribution is 0.0689. The SMILES string of the molecule is CCSc1cccc(Sc2ncc(C)cn2)c1C(=O)O. The number of aromatic carboxylic acids is 1. The van der Waals surface area contributed by atoms with E-state index in [1.54, 1.807) is 18.5 Å². The zero-order chi connectivity index (χ0) is 14.5. The summed E-state index contributed by atoms with van der Waals surface area (Å²) in [5, 5.41) is 9.98. The van der Waals surface area contributed by atoms with Crippen molar-refractivity contribution in [2.45, 2.75) is 28.8 Å². The van der Waals surface area contributed by atoms with Crippen LogP contribution in [0.15, 0.2) is 45.5 Å². The van der Waals surface area contributed by atoms with E-state index in [1.807, 2.05) is 26.0 Å². The van der Waals surface area contributed by atoms with Gasteiger partial charge < -0.3 is 5.11 Å². The van der Waals surface area contributed by atoms with Crippen molar-refractivity contribution in [3.8, 4) is 0 Å². The third-order valence-electron chi connectivity index (χ3n) is 2.46. The molecule has 0 saturated heterocycles. The van der Waals surface area contributed by atoms with Crippen LogP contribution >= 0.6 is 23.5 Å². The second-order valence-corrected chi connectivity index (χ2v) is 6.33. The number of nitrogens with zero attached hydrogens (tertiary/aromatic N) is 2. The normalized spacial score (nSPS) is 10.5. The molecule has 0 radical (unpaired) electrons. The van der Waals surface area contributed by atoms with E-state index >= 15 is 0 Å². The Hall–Kier alpha value is -1.53. The first-order chi connectivity index (χ1) is 9.61. The molecule has 20 heavy (non-hydrogen) atoms. The fourth-order valence-corrected chi connectivity index (χ4v) is 3.36. The highest BCUT2D eigenvalue weighted by molar-refractivity contribution is 8.00. The molecule has 4 nitrogen and oxygen atoms in total. The van der Waals surface area contributed by atoms with Crippen LogP contribution in [0.4, 0.5) is 0 Å². The van der Waals surface area contributed by atoms with Crippen molar-refractivity contribution in [2.24, 2.45) is 0 Å². The van der Waals surface area contributed by atoms with Gasteiger partial charge in [-0.15, -0.1) is 11.8 Å². The molecular formula is C14H14N2O2S2. The summed E-state index contributed by atoms with van der Waals surface area (Å²) >= 11 is 2.80. The van der Waals surface area contributed by atoms with Crippen molar-refractivity contribution in [3.05, 3.63) is 41.7 Å². The molecule has 104 valence electrons. The highest BCUT2D eigenvalue weighted by Crippen LogP contribution is 2.33. The Morgan fingerprint density at radius 2 is 1.90 bits per heavy atom. The van der Waals surface area contributed by atoms with Crippen LogP contribution < -0.4 is 0 Å². The molecule has 0 spiro atoms. The number of carboxylic acid groups (broad SMARTS) is 1. The van der Waals surface area contributed by atoms with Gasteiger partial charge >= 0.3 is 5.97 Å². The lowest BCUT2D eigenvalue weighted by Crippen LogP contribution is -2.02. The first-order valence-corrected chi connectivity index (χ1v) is 7.87. The molecule has 0 amide bonds. The molecule has 6 heteroatoms. The zero-order valence-corrected chi connectivity index (χ0v) is 12.8. The van der Waals surface area contributed by atoms with Gasteiger partial charge in [-0.25, -0.2) is 14.8 Å². The molecular weight excluding hydrogens is 292 g/mol. The van der Waals surface area contributed by atoms with Crippen molar-refractivity contribution >= 4 is 29.5 Å². The van der Waals surface area contributed by atoms with Gasteiger partial charge in [0, 0.05) is 22.2 Å². The maximum Gasteiger partial charge on any atom is 0.337 e. The van der Waals surface area contributed by atoms with Crippen LogP contribution in [0.5, 0.6) is 0 Å². The summed E-state index contributed by atoms with van der Waals surface area (Å²) in [6.45, 7) is 3.91. The van der Waals surface area contributed by atoms with E-state index in [9.17, 15) is 9.90 Å². The smallest absolute Gasteiger partial charge is 0.337 e. The molecule has 0 unspecified atom stereocenters. The number of hydrogen-bond acceptors (Lipinski definition) is 5. The molecule has 1 aromatic carbocycles. The predicted octanol–water partition coefficient (Wildman–Crippen LogP) is 3.75. The van der Waals surface area contributed by atoms with Crippen molar-refractivity contribution in [1.29, 1.82) is 0 Å². The van der Waals surface area contributed by atoms with E-state index in [0.717, 1.165) is 16.2 Å². The number of thioether (sulfide) groups is 1. The van der Waals surface area contributed by atoms with Crippen LogP contribution in [0.1, 0.15) is 22.8 Å². The fourth-order valence-electron chi connectivity index (χ4n) is 1.61. The summed E-state index contributed by atoms with van der Waals surface area (Å²) in [4.78, 5) is 21.3. The number of aromatic nitrogens is 2. The summed E-state index contributed by atoms with van der Waals surface area (Å²) < 4.78 is 0. The number of hydrogen-bond donors (Lipinski definition) is 1. The molecule has 2 aromatic rings. The average molecular weight is 306 g/mol. The number of aryl methyl sites for hydroxylation is 1. The molecule has 1 N–H and O–H groups in total. The van der Waals surface area contributed by atoms with E-state index in [-0.39, 0.29) is 0 Å². The van der Waals surface area contributed by atoms with Gasteiger partial charge in [0.25, 0.3) is 0 Å². The highest BCUT2D eigenvalue weighted by Gasteiger charge is 2.17. The van der Waals surface area contributed by atoms with Crippen LogP contribution in [0.3, 0.4) is 0 Å². The molecule has 1 heterocycles. The van der Waals surface area contributed by atoms with Gasteiger partial charge in [-0.2, -0.15) is 0 Å². The summed E-state index contributed by atoms with van der Waals surface area (Å²) in [5.41, 5.74) is 1.30. The van der Waals surface area contributed by atoms with Gasteiger partial charge in [0.1, 0.15) is 0 Å². The van der Waals surface area contributed by atoms with E-state index in [2.05, 4.69) is 9.97 Å². The lowest BCUT2D eigenvalue weighted by Gasteiger charge is -2.09. The highest BCUT2D eigenvalue weighted by atomic mass is 32.2. The second-order valence-electron chi connectivity index (χ2n) is 4.01. The van der Waals surface area contributed by atoms with Crippen molar-refractivity contribution in [3.63, 3.8) is 0 Å². The van der Waals surface area contributed by atoms with Crippen LogP contribution in [-0.2, 0) is 0 Å². The minimum Gasteiger partial charge on any atom is -0.478 e. The van der Waals surface area contributed by atoms with E-state index in [4.69, 9.17) is 0 Å². The van der Waals surface area contributed by atoms with Gasteiger partial charge in [0.15, 0.2) is 5.16 Å². The van der Waals surface area contributed by atoms with E-state index in [0.29, 0.717) is 15.6 Å².